The third-order valence-corrected chi connectivity index (χ3v) is 6.56. The van der Waals surface area contributed by atoms with Crippen molar-refractivity contribution < 1.29 is 9.47 Å². The minimum atomic E-state index is 0.155. The number of methoxy groups -OCH3 is 2. The summed E-state index contributed by atoms with van der Waals surface area (Å²) in [7, 11) is 3.40. The predicted octanol–water partition coefficient (Wildman–Crippen LogP) is 4.24. The number of nitrogens with two attached hydrogens (primary N) is 1. The number of benzene rings is 2. The maximum atomic E-state index is 6.75. The lowest BCUT2D eigenvalue weighted by Gasteiger charge is -2.46. The van der Waals surface area contributed by atoms with E-state index in [0.29, 0.717) is 17.9 Å². The summed E-state index contributed by atoms with van der Waals surface area (Å²) in [6, 6.07) is 13.9. The molecule has 28 heavy (non-hydrogen) atoms. The van der Waals surface area contributed by atoms with Crippen molar-refractivity contribution in [1.29, 1.82) is 0 Å². The summed E-state index contributed by atoms with van der Waals surface area (Å²) < 4.78 is 11.1. The normalized spacial score (nSPS) is 24.6. The highest BCUT2D eigenvalue weighted by molar-refractivity contribution is 5.50. The summed E-state index contributed by atoms with van der Waals surface area (Å²) in [5.74, 6) is 2.55. The molecule has 4 rings (SSSR count). The van der Waals surface area contributed by atoms with Crippen LogP contribution in [0.15, 0.2) is 36.4 Å². The molecule has 0 bridgehead atoms. The Morgan fingerprint density at radius 3 is 2.54 bits per heavy atom. The van der Waals surface area contributed by atoms with Gasteiger partial charge in [-0.3, -0.25) is 4.90 Å². The van der Waals surface area contributed by atoms with E-state index in [1.54, 1.807) is 14.2 Å². The predicted molar refractivity (Wildman–Crippen MR) is 113 cm³/mol. The summed E-state index contributed by atoms with van der Waals surface area (Å²) in [6.45, 7) is 6.58. The first-order valence-electron chi connectivity index (χ1n) is 10.4. The molecule has 0 aromatic heterocycles. The molecule has 0 radical (unpaired) electrons. The second-order valence-corrected chi connectivity index (χ2v) is 8.50. The molecule has 2 aliphatic rings. The van der Waals surface area contributed by atoms with Gasteiger partial charge in [0.2, 0.25) is 0 Å². The largest absolute Gasteiger partial charge is 0.493 e. The summed E-state index contributed by atoms with van der Waals surface area (Å²) >= 11 is 0. The summed E-state index contributed by atoms with van der Waals surface area (Å²) in [5, 5.41) is 0. The lowest BCUT2D eigenvalue weighted by Crippen LogP contribution is -2.49. The van der Waals surface area contributed by atoms with Crippen LogP contribution in [0.25, 0.3) is 0 Å². The molecule has 2 aromatic carbocycles. The van der Waals surface area contributed by atoms with E-state index >= 15 is 0 Å². The molecule has 1 fully saturated rings. The van der Waals surface area contributed by atoms with Crippen molar-refractivity contribution in [3.8, 4) is 11.5 Å². The molecule has 150 valence electrons. The van der Waals surface area contributed by atoms with Crippen LogP contribution in [-0.4, -0.2) is 38.3 Å². The molecule has 0 aliphatic carbocycles. The maximum Gasteiger partial charge on any atom is 0.161 e. The summed E-state index contributed by atoms with van der Waals surface area (Å²) in [6.07, 6.45) is 2.01. The van der Waals surface area contributed by atoms with Crippen LogP contribution < -0.4 is 15.2 Å². The number of rotatable bonds is 4. The van der Waals surface area contributed by atoms with Crippen LogP contribution in [-0.2, 0) is 6.42 Å². The number of fused-ring (bicyclic) bond motifs is 3. The Morgan fingerprint density at radius 1 is 1.07 bits per heavy atom. The van der Waals surface area contributed by atoms with Crippen LogP contribution in [0, 0.1) is 0 Å². The van der Waals surface area contributed by atoms with Crippen LogP contribution in [0.4, 0.5) is 0 Å². The van der Waals surface area contributed by atoms with E-state index in [-0.39, 0.29) is 6.04 Å². The fourth-order valence-electron chi connectivity index (χ4n) is 4.89. The monoisotopic (exact) mass is 380 g/mol. The average molecular weight is 381 g/mol. The van der Waals surface area contributed by atoms with Gasteiger partial charge in [0.25, 0.3) is 0 Å². The van der Waals surface area contributed by atoms with Gasteiger partial charge in [-0.1, -0.05) is 38.1 Å². The van der Waals surface area contributed by atoms with Crippen molar-refractivity contribution in [2.24, 2.45) is 5.73 Å². The molecule has 2 aromatic rings. The molecular formula is C24H32N2O2. The third kappa shape index (κ3) is 3.40. The highest BCUT2D eigenvalue weighted by Crippen LogP contribution is 2.44. The number of hydrogen-bond acceptors (Lipinski definition) is 4. The smallest absolute Gasteiger partial charge is 0.161 e. The molecule has 2 heterocycles. The van der Waals surface area contributed by atoms with Gasteiger partial charge >= 0.3 is 0 Å². The SMILES string of the molecule is COc1cc2c(cc1OC)C1C[C@H](N)[C@@H](c3cccc(C(C)C)c3)CN1CC2. The number of piperidine rings is 1. The molecule has 4 heteroatoms. The molecule has 2 aliphatic heterocycles. The van der Waals surface area contributed by atoms with Gasteiger partial charge in [0.05, 0.1) is 14.2 Å². The zero-order valence-corrected chi connectivity index (χ0v) is 17.4. The lowest BCUT2D eigenvalue weighted by molar-refractivity contribution is 0.109. The molecule has 4 nitrogen and oxygen atoms in total. The van der Waals surface area contributed by atoms with E-state index < -0.39 is 0 Å². The first kappa shape index (κ1) is 19.3. The van der Waals surface area contributed by atoms with Gasteiger partial charge in [-0.2, -0.15) is 0 Å². The number of ether oxygens (including phenoxy) is 2. The van der Waals surface area contributed by atoms with E-state index in [0.717, 1.165) is 37.4 Å². The van der Waals surface area contributed by atoms with Crippen LogP contribution in [0.1, 0.15) is 60.4 Å². The van der Waals surface area contributed by atoms with Crippen LogP contribution in [0.3, 0.4) is 0 Å². The van der Waals surface area contributed by atoms with Crippen molar-refractivity contribution in [3.05, 3.63) is 58.7 Å². The molecular weight excluding hydrogens is 348 g/mol. The Kier molecular flexibility index (Phi) is 5.35. The highest BCUT2D eigenvalue weighted by Gasteiger charge is 2.38. The molecule has 0 amide bonds. The van der Waals surface area contributed by atoms with Crippen molar-refractivity contribution in [2.45, 2.75) is 50.6 Å². The van der Waals surface area contributed by atoms with E-state index in [1.807, 2.05) is 0 Å². The van der Waals surface area contributed by atoms with E-state index in [1.165, 1.54) is 22.3 Å². The second kappa shape index (κ2) is 7.76. The fraction of sp³-hybridized carbons (Fsp3) is 0.500. The van der Waals surface area contributed by atoms with Gasteiger partial charge in [0.1, 0.15) is 0 Å². The van der Waals surface area contributed by atoms with Crippen molar-refractivity contribution in [3.63, 3.8) is 0 Å². The van der Waals surface area contributed by atoms with E-state index in [9.17, 15) is 0 Å². The first-order valence-corrected chi connectivity index (χ1v) is 10.4. The summed E-state index contributed by atoms with van der Waals surface area (Å²) in [4.78, 5) is 2.62. The fourth-order valence-corrected chi connectivity index (χ4v) is 4.89. The Morgan fingerprint density at radius 2 is 1.82 bits per heavy atom. The Balaban J connectivity index is 1.62. The minimum Gasteiger partial charge on any atom is -0.493 e. The Bertz CT molecular complexity index is 848. The molecule has 1 unspecified atom stereocenters. The van der Waals surface area contributed by atoms with Gasteiger partial charge in [0.15, 0.2) is 11.5 Å². The molecule has 0 saturated carbocycles. The van der Waals surface area contributed by atoms with E-state index in [2.05, 4.69) is 55.1 Å². The van der Waals surface area contributed by atoms with Crippen molar-refractivity contribution in [1.82, 2.24) is 4.90 Å². The number of nitrogens with zero attached hydrogens (tertiary/aromatic N) is 1. The topological polar surface area (TPSA) is 47.7 Å². The van der Waals surface area contributed by atoms with Crippen LogP contribution >= 0.6 is 0 Å². The maximum absolute atomic E-state index is 6.75. The van der Waals surface area contributed by atoms with Gasteiger partial charge in [-0.05, 0) is 53.1 Å². The lowest BCUT2D eigenvalue weighted by atomic mass is 9.78. The van der Waals surface area contributed by atoms with Crippen molar-refractivity contribution >= 4 is 0 Å². The van der Waals surface area contributed by atoms with Gasteiger partial charge < -0.3 is 15.2 Å². The molecule has 1 saturated heterocycles. The standard InChI is InChI=1S/C24H32N2O2/c1-15(2)16-6-5-7-17(10-16)20-14-26-9-8-18-11-23(27-3)24(28-4)12-19(18)22(26)13-21(20)25/h5-7,10-12,15,20-22H,8-9,13-14,25H2,1-4H3/t20-,21+,22?/m1/s1. The summed E-state index contributed by atoms with van der Waals surface area (Å²) in [5.41, 5.74) is 12.2. The molecule has 3 atom stereocenters. The second-order valence-electron chi connectivity index (χ2n) is 8.50. The molecule has 0 spiro atoms. The minimum absolute atomic E-state index is 0.155. The Hall–Kier alpha value is -2.04. The quantitative estimate of drug-likeness (QED) is 0.862. The highest BCUT2D eigenvalue weighted by atomic mass is 16.5. The van der Waals surface area contributed by atoms with Crippen molar-refractivity contribution in [2.75, 3.05) is 27.3 Å². The Labute approximate surface area is 168 Å². The van der Waals surface area contributed by atoms with Gasteiger partial charge in [-0.25, -0.2) is 0 Å². The zero-order chi connectivity index (χ0) is 19.8. The number of hydrogen-bond donors (Lipinski definition) is 1. The van der Waals surface area contributed by atoms with Gasteiger partial charge in [0, 0.05) is 31.1 Å². The van der Waals surface area contributed by atoms with Crippen LogP contribution in [0.5, 0.6) is 11.5 Å². The first-order chi connectivity index (χ1) is 13.5. The van der Waals surface area contributed by atoms with Gasteiger partial charge in [-0.15, -0.1) is 0 Å². The van der Waals surface area contributed by atoms with Crippen LogP contribution in [0.2, 0.25) is 0 Å². The zero-order valence-electron chi connectivity index (χ0n) is 17.4. The average Bonchev–Trinajstić information content (AvgIpc) is 2.72. The third-order valence-electron chi connectivity index (χ3n) is 6.56. The van der Waals surface area contributed by atoms with E-state index in [4.69, 9.17) is 15.2 Å². The molecule has 2 N–H and O–H groups in total.